The summed E-state index contributed by atoms with van der Waals surface area (Å²) >= 11 is 4.58. The minimum Gasteiger partial charge on any atom is -0.497 e. The van der Waals surface area contributed by atoms with Crippen LogP contribution < -0.4 is 15.4 Å². The third-order valence-corrected chi connectivity index (χ3v) is 6.26. The molecule has 1 amide bonds. The van der Waals surface area contributed by atoms with Gasteiger partial charge in [0.2, 0.25) is 11.0 Å². The van der Waals surface area contributed by atoms with E-state index in [1.54, 1.807) is 24.5 Å². The molecule has 0 saturated heterocycles. The molecule has 0 unspecified atom stereocenters. The highest BCUT2D eigenvalue weighted by molar-refractivity contribution is 8.01. The summed E-state index contributed by atoms with van der Waals surface area (Å²) in [5.41, 5.74) is 0.711. The van der Waals surface area contributed by atoms with Crippen LogP contribution in [0, 0.1) is 0 Å². The summed E-state index contributed by atoms with van der Waals surface area (Å²) in [6, 6.07) is 11.4. The maximum atomic E-state index is 12.1. The summed E-state index contributed by atoms with van der Waals surface area (Å²) < 4.78 is 5.91. The minimum atomic E-state index is -0.0920. The van der Waals surface area contributed by atoms with E-state index < -0.39 is 0 Å². The number of benzene rings is 1. The summed E-state index contributed by atoms with van der Waals surface area (Å²) in [7, 11) is 1.60. The van der Waals surface area contributed by atoms with Gasteiger partial charge in [-0.3, -0.25) is 4.79 Å². The van der Waals surface area contributed by atoms with Crippen LogP contribution in [0.2, 0.25) is 0 Å². The van der Waals surface area contributed by atoms with Crippen molar-refractivity contribution in [3.8, 4) is 5.75 Å². The molecule has 3 aromatic rings. The van der Waals surface area contributed by atoms with E-state index in [4.69, 9.17) is 4.74 Å². The predicted octanol–water partition coefficient (Wildman–Crippen LogP) is 3.99. The molecule has 9 heteroatoms. The molecule has 0 fully saturated rings. The smallest absolute Gasteiger partial charge is 0.234 e. The molecule has 0 bridgehead atoms. The molecule has 1 aromatic carbocycles. The number of amides is 1. The molecule has 26 heavy (non-hydrogen) atoms. The summed E-state index contributed by atoms with van der Waals surface area (Å²) in [6.45, 7) is 0.816. The summed E-state index contributed by atoms with van der Waals surface area (Å²) in [5, 5.41) is 17.2. The Morgan fingerprint density at radius 2 is 2.19 bits per heavy atom. The van der Waals surface area contributed by atoms with E-state index in [2.05, 4.69) is 38.3 Å². The zero-order valence-corrected chi connectivity index (χ0v) is 16.5. The van der Waals surface area contributed by atoms with E-state index in [0.29, 0.717) is 11.4 Å². The minimum absolute atomic E-state index is 0.0920. The summed E-state index contributed by atoms with van der Waals surface area (Å²) in [5.74, 6) is 0.893. The SMILES string of the molecule is COc1cccc(NC(=O)CSc2nnc(NCCc3cccs3)s2)c1. The molecule has 0 aliphatic carbocycles. The normalized spacial score (nSPS) is 10.5. The van der Waals surface area contributed by atoms with Gasteiger partial charge in [-0.15, -0.1) is 21.5 Å². The van der Waals surface area contributed by atoms with Gasteiger partial charge >= 0.3 is 0 Å². The molecule has 2 N–H and O–H groups in total. The molecule has 3 rings (SSSR count). The van der Waals surface area contributed by atoms with Crippen molar-refractivity contribution in [1.29, 1.82) is 0 Å². The molecular formula is C17H18N4O2S3. The van der Waals surface area contributed by atoms with Gasteiger partial charge in [0.05, 0.1) is 12.9 Å². The lowest BCUT2D eigenvalue weighted by molar-refractivity contribution is -0.113. The number of rotatable bonds is 9. The van der Waals surface area contributed by atoms with Crippen LogP contribution in [0.25, 0.3) is 0 Å². The van der Waals surface area contributed by atoms with Crippen molar-refractivity contribution in [3.63, 3.8) is 0 Å². The lowest BCUT2D eigenvalue weighted by Crippen LogP contribution is -2.13. The molecule has 136 valence electrons. The van der Waals surface area contributed by atoms with Crippen LogP contribution in [0.15, 0.2) is 46.1 Å². The van der Waals surface area contributed by atoms with E-state index in [1.165, 1.54) is 28.0 Å². The lowest BCUT2D eigenvalue weighted by atomic mass is 10.3. The number of carbonyl (C=O) groups excluding carboxylic acids is 1. The Balaban J connectivity index is 1.41. The average molecular weight is 407 g/mol. The van der Waals surface area contributed by atoms with Gasteiger partial charge in [0, 0.05) is 23.2 Å². The molecular weight excluding hydrogens is 388 g/mol. The number of nitrogens with one attached hydrogen (secondary N) is 2. The number of ether oxygens (including phenoxy) is 1. The van der Waals surface area contributed by atoms with E-state index >= 15 is 0 Å². The first-order valence-corrected chi connectivity index (χ1v) is 10.6. The summed E-state index contributed by atoms with van der Waals surface area (Å²) in [6.07, 6.45) is 0.961. The van der Waals surface area contributed by atoms with Gasteiger partial charge in [-0.05, 0) is 30.0 Å². The van der Waals surface area contributed by atoms with Crippen molar-refractivity contribution in [2.75, 3.05) is 30.0 Å². The van der Waals surface area contributed by atoms with Gasteiger partial charge in [-0.25, -0.2) is 0 Å². The first kappa shape index (κ1) is 18.7. The van der Waals surface area contributed by atoms with Crippen molar-refractivity contribution in [3.05, 3.63) is 46.7 Å². The Morgan fingerprint density at radius 3 is 3.00 bits per heavy atom. The maximum Gasteiger partial charge on any atom is 0.234 e. The lowest BCUT2D eigenvalue weighted by Gasteiger charge is -2.06. The Labute approximate surface area is 164 Å². The van der Waals surface area contributed by atoms with E-state index in [9.17, 15) is 4.79 Å². The van der Waals surface area contributed by atoms with Crippen LogP contribution >= 0.6 is 34.4 Å². The van der Waals surface area contributed by atoms with Crippen LogP contribution in [-0.4, -0.2) is 35.5 Å². The van der Waals surface area contributed by atoms with Gasteiger partial charge in [0.1, 0.15) is 5.75 Å². The fourth-order valence-electron chi connectivity index (χ4n) is 2.11. The first-order valence-electron chi connectivity index (χ1n) is 7.89. The predicted molar refractivity (Wildman–Crippen MR) is 109 cm³/mol. The molecule has 0 aliphatic heterocycles. The van der Waals surface area contributed by atoms with E-state index in [-0.39, 0.29) is 11.7 Å². The van der Waals surface area contributed by atoms with E-state index in [0.717, 1.165) is 22.4 Å². The van der Waals surface area contributed by atoms with Crippen molar-refractivity contribution in [2.45, 2.75) is 10.8 Å². The van der Waals surface area contributed by atoms with Crippen molar-refractivity contribution >= 4 is 51.2 Å². The topological polar surface area (TPSA) is 76.1 Å². The second-order valence-corrected chi connectivity index (χ2v) is 8.43. The van der Waals surface area contributed by atoms with Gasteiger partial charge in [0.25, 0.3) is 0 Å². The van der Waals surface area contributed by atoms with Crippen LogP contribution in [-0.2, 0) is 11.2 Å². The average Bonchev–Trinajstić information content (AvgIpc) is 3.32. The summed E-state index contributed by atoms with van der Waals surface area (Å²) in [4.78, 5) is 13.4. The second-order valence-electron chi connectivity index (χ2n) is 5.20. The van der Waals surface area contributed by atoms with Crippen LogP contribution in [0.1, 0.15) is 4.88 Å². The third kappa shape index (κ3) is 5.72. The van der Waals surface area contributed by atoms with E-state index in [1.807, 2.05) is 18.2 Å². The quantitative estimate of drug-likeness (QED) is 0.523. The monoisotopic (exact) mass is 406 g/mol. The zero-order chi connectivity index (χ0) is 18.2. The van der Waals surface area contributed by atoms with Crippen molar-refractivity contribution < 1.29 is 9.53 Å². The standard InChI is InChI=1S/C17H18N4O2S3/c1-23-13-5-2-4-12(10-13)19-15(22)11-25-17-21-20-16(26-17)18-8-7-14-6-3-9-24-14/h2-6,9-10H,7-8,11H2,1H3,(H,18,20)(H,19,22). The van der Waals surface area contributed by atoms with Gasteiger partial charge < -0.3 is 15.4 Å². The fraction of sp³-hybridized carbons (Fsp3) is 0.235. The second kappa shape index (κ2) is 9.56. The molecule has 0 radical (unpaired) electrons. The number of hydrogen-bond donors (Lipinski definition) is 2. The molecule has 2 aromatic heterocycles. The van der Waals surface area contributed by atoms with Gasteiger partial charge in [-0.1, -0.05) is 35.2 Å². The molecule has 0 aliphatic rings. The molecule has 0 atom stereocenters. The molecule has 6 nitrogen and oxygen atoms in total. The Morgan fingerprint density at radius 1 is 1.27 bits per heavy atom. The highest BCUT2D eigenvalue weighted by Crippen LogP contribution is 2.26. The first-order chi connectivity index (χ1) is 12.7. The van der Waals surface area contributed by atoms with Crippen LogP contribution in [0.4, 0.5) is 10.8 Å². The van der Waals surface area contributed by atoms with Crippen LogP contribution in [0.5, 0.6) is 5.75 Å². The fourth-order valence-corrected chi connectivity index (χ4v) is 4.40. The number of thioether (sulfide) groups is 1. The van der Waals surface area contributed by atoms with Crippen LogP contribution in [0.3, 0.4) is 0 Å². The number of aromatic nitrogens is 2. The number of hydrogen-bond acceptors (Lipinski definition) is 8. The molecule has 0 spiro atoms. The number of carbonyl (C=O) groups is 1. The van der Waals surface area contributed by atoms with Gasteiger partial charge in [0.15, 0.2) is 4.34 Å². The number of nitrogens with zero attached hydrogens (tertiary/aromatic N) is 2. The highest BCUT2D eigenvalue weighted by atomic mass is 32.2. The Hall–Kier alpha value is -2.10. The third-order valence-electron chi connectivity index (χ3n) is 3.31. The largest absolute Gasteiger partial charge is 0.497 e. The number of methoxy groups -OCH3 is 1. The van der Waals surface area contributed by atoms with Crippen molar-refractivity contribution in [2.24, 2.45) is 0 Å². The Bertz CT molecular complexity index is 836. The number of anilines is 2. The maximum absolute atomic E-state index is 12.1. The number of thiophene rings is 1. The molecule has 2 heterocycles. The zero-order valence-electron chi connectivity index (χ0n) is 14.1. The molecule has 0 saturated carbocycles. The Kier molecular flexibility index (Phi) is 6.87. The highest BCUT2D eigenvalue weighted by Gasteiger charge is 2.09. The van der Waals surface area contributed by atoms with Gasteiger partial charge in [-0.2, -0.15) is 0 Å². The van der Waals surface area contributed by atoms with Crippen molar-refractivity contribution in [1.82, 2.24) is 10.2 Å².